The molecule has 0 aromatic heterocycles. The fourth-order valence-electron chi connectivity index (χ4n) is 2.80. The number of rotatable bonds is 4. The van der Waals surface area contributed by atoms with Gasteiger partial charge in [-0.1, -0.05) is 33.6 Å². The van der Waals surface area contributed by atoms with E-state index in [0.717, 1.165) is 15.6 Å². The summed E-state index contributed by atoms with van der Waals surface area (Å²) in [5.41, 5.74) is 1.20. The van der Waals surface area contributed by atoms with Crippen LogP contribution in [0.1, 0.15) is 21.5 Å². The van der Waals surface area contributed by atoms with Gasteiger partial charge in [0.25, 0.3) is 0 Å². The second-order valence-electron chi connectivity index (χ2n) is 5.64. The smallest absolute Gasteiger partial charge is 0.338 e. The molecule has 0 spiro atoms. The van der Waals surface area contributed by atoms with Crippen LogP contribution in [0.2, 0.25) is 5.02 Å². The maximum Gasteiger partial charge on any atom is 0.338 e. The molecule has 126 valence electrons. The quantitative estimate of drug-likeness (QED) is 0.779. The molecule has 0 aliphatic carbocycles. The number of esters is 1. The summed E-state index contributed by atoms with van der Waals surface area (Å²) in [6.07, 6.45) is 0.707. The first-order valence-electron chi connectivity index (χ1n) is 7.50. The van der Waals surface area contributed by atoms with Gasteiger partial charge >= 0.3 is 5.97 Å². The average molecular weight is 412 g/mol. The fraction of sp³-hybridized carbons (Fsp3) is 0.278. The summed E-state index contributed by atoms with van der Waals surface area (Å²) in [5, 5.41) is 10.6. The molecule has 0 fully saturated rings. The standard InChI is InChI=1S/C18H16BrClO4/c19-14-3-1-12(2-4-14)17(22)23-11-18(10-21)16-6-5-15(20)9-13(16)7-8-24-18/h1-6,9,21H,7-8,10-11H2/t18-/m1/s1. The van der Waals surface area contributed by atoms with Crippen molar-refractivity contribution in [2.75, 3.05) is 19.8 Å². The van der Waals surface area contributed by atoms with Crippen LogP contribution in [0.5, 0.6) is 0 Å². The predicted molar refractivity (Wildman–Crippen MR) is 94.3 cm³/mol. The first kappa shape index (κ1) is 17.4. The molecule has 3 rings (SSSR count). The molecule has 2 aromatic rings. The number of fused-ring (bicyclic) bond motifs is 1. The summed E-state index contributed by atoms with van der Waals surface area (Å²) in [6, 6.07) is 12.3. The second kappa shape index (κ2) is 7.23. The number of aliphatic hydroxyl groups is 1. The molecular weight excluding hydrogens is 396 g/mol. The summed E-state index contributed by atoms with van der Waals surface area (Å²) >= 11 is 9.36. The van der Waals surface area contributed by atoms with Crippen molar-refractivity contribution in [1.29, 1.82) is 0 Å². The highest BCUT2D eigenvalue weighted by atomic mass is 79.9. The minimum atomic E-state index is -1.05. The highest BCUT2D eigenvalue weighted by molar-refractivity contribution is 9.10. The third-order valence-electron chi connectivity index (χ3n) is 4.08. The fourth-order valence-corrected chi connectivity index (χ4v) is 3.25. The van der Waals surface area contributed by atoms with Crippen LogP contribution in [-0.4, -0.2) is 30.9 Å². The van der Waals surface area contributed by atoms with E-state index in [4.69, 9.17) is 21.1 Å². The van der Waals surface area contributed by atoms with E-state index in [-0.39, 0.29) is 13.2 Å². The van der Waals surface area contributed by atoms with Crippen molar-refractivity contribution in [2.24, 2.45) is 0 Å². The maximum absolute atomic E-state index is 12.2. The Balaban J connectivity index is 1.80. The number of ether oxygens (including phenoxy) is 2. The molecule has 6 heteroatoms. The summed E-state index contributed by atoms with van der Waals surface area (Å²) in [5.74, 6) is -0.458. The molecule has 0 bridgehead atoms. The molecule has 1 heterocycles. The van der Waals surface area contributed by atoms with E-state index in [1.54, 1.807) is 30.3 Å². The number of aliphatic hydroxyl groups excluding tert-OH is 1. The molecule has 1 atom stereocenters. The van der Waals surface area contributed by atoms with Gasteiger partial charge in [-0.15, -0.1) is 0 Å². The van der Waals surface area contributed by atoms with Gasteiger partial charge in [-0.2, -0.15) is 0 Å². The van der Waals surface area contributed by atoms with Crippen LogP contribution in [0.4, 0.5) is 0 Å². The maximum atomic E-state index is 12.2. The molecule has 24 heavy (non-hydrogen) atoms. The molecule has 1 N–H and O–H groups in total. The van der Waals surface area contributed by atoms with Crippen molar-refractivity contribution in [3.05, 3.63) is 68.7 Å². The van der Waals surface area contributed by atoms with Gasteiger partial charge in [0.15, 0.2) is 5.60 Å². The van der Waals surface area contributed by atoms with Crippen molar-refractivity contribution >= 4 is 33.5 Å². The van der Waals surface area contributed by atoms with Crippen LogP contribution in [0.3, 0.4) is 0 Å². The molecule has 0 unspecified atom stereocenters. The summed E-state index contributed by atoms with van der Waals surface area (Å²) in [6.45, 7) is 0.0893. The number of halogens is 2. The van der Waals surface area contributed by atoms with Crippen LogP contribution in [0.25, 0.3) is 0 Å². The van der Waals surface area contributed by atoms with Gasteiger partial charge in [-0.05, 0) is 53.9 Å². The number of benzene rings is 2. The molecule has 1 aliphatic heterocycles. The van der Waals surface area contributed by atoms with Gasteiger partial charge in [-0.25, -0.2) is 4.79 Å². The lowest BCUT2D eigenvalue weighted by Crippen LogP contribution is -2.43. The van der Waals surface area contributed by atoms with Gasteiger partial charge in [0.2, 0.25) is 0 Å². The first-order valence-corrected chi connectivity index (χ1v) is 8.67. The first-order chi connectivity index (χ1) is 11.5. The third-order valence-corrected chi connectivity index (χ3v) is 4.84. The van der Waals surface area contributed by atoms with Gasteiger partial charge in [0.1, 0.15) is 6.61 Å². The normalized spacial score (nSPS) is 19.6. The second-order valence-corrected chi connectivity index (χ2v) is 6.99. The van der Waals surface area contributed by atoms with Gasteiger partial charge < -0.3 is 14.6 Å². The van der Waals surface area contributed by atoms with E-state index >= 15 is 0 Å². The molecule has 0 saturated heterocycles. The summed E-state index contributed by atoms with van der Waals surface area (Å²) in [4.78, 5) is 12.2. The van der Waals surface area contributed by atoms with Crippen LogP contribution in [-0.2, 0) is 21.5 Å². The molecule has 0 saturated carbocycles. The minimum absolute atomic E-state index is 0.0625. The third kappa shape index (κ3) is 3.49. The Kier molecular flexibility index (Phi) is 5.25. The zero-order valence-corrected chi connectivity index (χ0v) is 15.1. The Morgan fingerprint density at radius 3 is 2.75 bits per heavy atom. The van der Waals surface area contributed by atoms with E-state index in [2.05, 4.69) is 15.9 Å². The number of hydrogen-bond donors (Lipinski definition) is 1. The number of hydrogen-bond acceptors (Lipinski definition) is 4. The molecule has 1 aliphatic rings. The topological polar surface area (TPSA) is 55.8 Å². The Morgan fingerprint density at radius 1 is 1.29 bits per heavy atom. The Hall–Kier alpha value is -1.40. The largest absolute Gasteiger partial charge is 0.459 e. The highest BCUT2D eigenvalue weighted by Gasteiger charge is 2.39. The Morgan fingerprint density at radius 2 is 2.04 bits per heavy atom. The minimum Gasteiger partial charge on any atom is -0.459 e. The van der Waals surface area contributed by atoms with E-state index in [0.29, 0.717) is 23.6 Å². The van der Waals surface area contributed by atoms with Crippen LogP contribution < -0.4 is 0 Å². The lowest BCUT2D eigenvalue weighted by atomic mass is 9.87. The predicted octanol–water partition coefficient (Wildman–Crippen LogP) is 3.72. The van der Waals surface area contributed by atoms with E-state index in [1.165, 1.54) is 0 Å². The number of carbonyl (C=O) groups is 1. The Labute approximate surface area is 153 Å². The van der Waals surface area contributed by atoms with Crippen LogP contribution in [0, 0.1) is 0 Å². The zero-order valence-electron chi connectivity index (χ0n) is 12.8. The van der Waals surface area contributed by atoms with Crippen LogP contribution in [0.15, 0.2) is 46.9 Å². The van der Waals surface area contributed by atoms with Crippen molar-refractivity contribution < 1.29 is 19.4 Å². The molecule has 0 radical (unpaired) electrons. The summed E-state index contributed by atoms with van der Waals surface area (Å²) in [7, 11) is 0. The van der Waals surface area contributed by atoms with Crippen LogP contribution >= 0.6 is 27.5 Å². The van der Waals surface area contributed by atoms with Gasteiger partial charge in [-0.3, -0.25) is 0 Å². The zero-order chi connectivity index (χ0) is 17.2. The van der Waals surface area contributed by atoms with Crippen molar-refractivity contribution in [1.82, 2.24) is 0 Å². The lowest BCUT2D eigenvalue weighted by molar-refractivity contribution is -0.124. The highest BCUT2D eigenvalue weighted by Crippen LogP contribution is 2.35. The van der Waals surface area contributed by atoms with Gasteiger partial charge in [0.05, 0.1) is 18.8 Å². The van der Waals surface area contributed by atoms with Crippen molar-refractivity contribution in [2.45, 2.75) is 12.0 Å². The Bertz CT molecular complexity index is 747. The van der Waals surface area contributed by atoms with Crippen molar-refractivity contribution in [3.63, 3.8) is 0 Å². The number of carbonyl (C=O) groups excluding carboxylic acids is 1. The molecular formula is C18H16BrClO4. The van der Waals surface area contributed by atoms with Gasteiger partial charge in [0, 0.05) is 9.50 Å². The SMILES string of the molecule is O=C(OC[C@@]1(CO)OCCc2cc(Cl)ccc21)c1ccc(Br)cc1. The molecule has 2 aromatic carbocycles. The van der Waals surface area contributed by atoms with E-state index in [9.17, 15) is 9.90 Å². The van der Waals surface area contributed by atoms with E-state index in [1.807, 2.05) is 12.1 Å². The monoisotopic (exact) mass is 410 g/mol. The molecule has 4 nitrogen and oxygen atoms in total. The van der Waals surface area contributed by atoms with E-state index < -0.39 is 11.6 Å². The lowest BCUT2D eigenvalue weighted by Gasteiger charge is -2.37. The average Bonchev–Trinajstić information content (AvgIpc) is 2.59. The molecule has 0 amide bonds. The summed E-state index contributed by atoms with van der Waals surface area (Å²) < 4.78 is 12.1. The van der Waals surface area contributed by atoms with Crippen molar-refractivity contribution in [3.8, 4) is 0 Å².